The first-order valence-electron chi connectivity index (χ1n) is 9.45. The summed E-state index contributed by atoms with van der Waals surface area (Å²) in [4.78, 5) is 38.1. The molecule has 3 aromatic rings. The van der Waals surface area contributed by atoms with Gasteiger partial charge < -0.3 is 20.9 Å². The summed E-state index contributed by atoms with van der Waals surface area (Å²) in [6, 6.07) is 21.9. The number of likely N-dealkylation sites (N-methyl/N-ethyl adjacent to an activating group) is 1. The van der Waals surface area contributed by atoms with Crippen molar-refractivity contribution in [3.63, 3.8) is 0 Å². The molecule has 0 aromatic heterocycles. The molecular formula is C23H21ClN4O3. The van der Waals surface area contributed by atoms with E-state index in [1.807, 2.05) is 18.2 Å². The zero-order valence-electron chi connectivity index (χ0n) is 16.8. The predicted molar refractivity (Wildman–Crippen MR) is 123 cm³/mol. The summed E-state index contributed by atoms with van der Waals surface area (Å²) >= 11 is 5.90. The maximum atomic E-state index is 12.6. The van der Waals surface area contributed by atoms with Crippen LogP contribution in [0.2, 0.25) is 5.02 Å². The molecule has 3 N–H and O–H groups in total. The van der Waals surface area contributed by atoms with Crippen LogP contribution in [0.15, 0.2) is 78.9 Å². The topological polar surface area (TPSA) is 90.5 Å². The lowest BCUT2D eigenvalue weighted by Crippen LogP contribution is -2.34. The van der Waals surface area contributed by atoms with Gasteiger partial charge in [0, 0.05) is 34.7 Å². The Morgan fingerprint density at radius 3 is 2.03 bits per heavy atom. The first-order chi connectivity index (χ1) is 14.9. The molecule has 0 saturated carbocycles. The van der Waals surface area contributed by atoms with Gasteiger partial charge in [0.2, 0.25) is 5.91 Å². The van der Waals surface area contributed by atoms with Gasteiger partial charge in [-0.15, -0.1) is 0 Å². The minimum Gasteiger partial charge on any atom is -0.332 e. The number of carbonyl (C=O) groups is 3. The highest BCUT2D eigenvalue weighted by atomic mass is 35.5. The fourth-order valence-corrected chi connectivity index (χ4v) is 2.98. The Balaban J connectivity index is 1.52. The Bertz CT molecular complexity index is 1070. The van der Waals surface area contributed by atoms with Crippen molar-refractivity contribution in [3.8, 4) is 0 Å². The molecule has 3 rings (SSSR count). The summed E-state index contributed by atoms with van der Waals surface area (Å²) in [6.07, 6.45) is 0. The number of amides is 4. The highest BCUT2D eigenvalue weighted by Crippen LogP contribution is 2.15. The number of urea groups is 1. The highest BCUT2D eigenvalue weighted by molar-refractivity contribution is 6.30. The number of halogens is 1. The van der Waals surface area contributed by atoms with E-state index in [2.05, 4.69) is 16.0 Å². The quantitative estimate of drug-likeness (QED) is 0.523. The molecular weight excluding hydrogens is 416 g/mol. The van der Waals surface area contributed by atoms with Gasteiger partial charge in [-0.1, -0.05) is 35.9 Å². The van der Waals surface area contributed by atoms with Crippen LogP contribution in [-0.4, -0.2) is 36.3 Å². The third-order valence-corrected chi connectivity index (χ3v) is 4.49. The minimum atomic E-state index is -0.389. The van der Waals surface area contributed by atoms with E-state index >= 15 is 0 Å². The van der Waals surface area contributed by atoms with Crippen molar-refractivity contribution in [2.75, 3.05) is 29.5 Å². The summed E-state index contributed by atoms with van der Waals surface area (Å²) in [5, 5.41) is 8.62. The average Bonchev–Trinajstić information content (AvgIpc) is 2.74. The van der Waals surface area contributed by atoms with E-state index in [0.29, 0.717) is 27.6 Å². The Morgan fingerprint density at radius 1 is 0.774 bits per heavy atom. The number of para-hydroxylation sites is 1. The number of nitrogens with one attached hydrogen (secondary N) is 3. The molecule has 0 atom stereocenters. The van der Waals surface area contributed by atoms with E-state index < -0.39 is 0 Å². The number of anilines is 3. The molecule has 0 aliphatic carbocycles. The molecule has 0 spiro atoms. The van der Waals surface area contributed by atoms with Crippen LogP contribution >= 0.6 is 11.6 Å². The number of carbonyl (C=O) groups excluding carboxylic acids is 3. The van der Waals surface area contributed by atoms with Crippen LogP contribution in [0.4, 0.5) is 21.9 Å². The zero-order chi connectivity index (χ0) is 22.2. The van der Waals surface area contributed by atoms with Gasteiger partial charge in [-0.05, 0) is 54.6 Å². The first-order valence-corrected chi connectivity index (χ1v) is 9.82. The van der Waals surface area contributed by atoms with Crippen LogP contribution in [0.5, 0.6) is 0 Å². The lowest BCUT2D eigenvalue weighted by Gasteiger charge is -2.17. The van der Waals surface area contributed by atoms with Crippen molar-refractivity contribution in [1.29, 1.82) is 0 Å². The molecule has 0 unspecified atom stereocenters. The van der Waals surface area contributed by atoms with Gasteiger partial charge in [0.25, 0.3) is 5.91 Å². The Kier molecular flexibility index (Phi) is 7.24. The minimum absolute atomic E-state index is 0.120. The van der Waals surface area contributed by atoms with Gasteiger partial charge in [0.05, 0.1) is 6.54 Å². The SMILES string of the molecule is CN(CC(=O)Nc1cccc(Cl)c1)C(=O)c1ccc(NC(=O)Nc2ccccc2)cc1. The average molecular weight is 437 g/mol. The molecule has 0 heterocycles. The summed E-state index contributed by atoms with van der Waals surface area (Å²) in [6.45, 7) is -0.120. The number of nitrogens with zero attached hydrogens (tertiary/aromatic N) is 1. The number of benzene rings is 3. The first kappa shape index (κ1) is 21.9. The van der Waals surface area contributed by atoms with Crippen molar-refractivity contribution in [2.45, 2.75) is 0 Å². The van der Waals surface area contributed by atoms with Crippen molar-refractivity contribution in [3.05, 3.63) is 89.4 Å². The maximum Gasteiger partial charge on any atom is 0.323 e. The zero-order valence-corrected chi connectivity index (χ0v) is 17.5. The predicted octanol–water partition coefficient (Wildman–Crippen LogP) is 4.69. The van der Waals surface area contributed by atoms with Gasteiger partial charge in [-0.25, -0.2) is 4.79 Å². The molecule has 0 fully saturated rings. The standard InChI is InChI=1S/C23H21ClN4O3/c1-28(15-21(29)25-20-9-5-6-17(24)14-20)22(30)16-10-12-19(13-11-16)27-23(31)26-18-7-3-2-4-8-18/h2-14H,15H2,1H3,(H,25,29)(H2,26,27,31). The number of hydrogen-bond donors (Lipinski definition) is 3. The highest BCUT2D eigenvalue weighted by Gasteiger charge is 2.15. The van der Waals surface area contributed by atoms with Crippen molar-refractivity contribution in [1.82, 2.24) is 4.90 Å². The monoisotopic (exact) mass is 436 g/mol. The second kappa shape index (κ2) is 10.3. The van der Waals surface area contributed by atoms with Crippen LogP contribution in [0.25, 0.3) is 0 Å². The molecule has 31 heavy (non-hydrogen) atoms. The molecule has 8 heteroatoms. The molecule has 158 valence electrons. The van der Waals surface area contributed by atoms with Crippen LogP contribution < -0.4 is 16.0 Å². The number of rotatable bonds is 6. The fourth-order valence-electron chi connectivity index (χ4n) is 2.79. The Morgan fingerprint density at radius 2 is 1.39 bits per heavy atom. The fraction of sp³-hybridized carbons (Fsp3) is 0.0870. The molecule has 0 bridgehead atoms. The van der Waals surface area contributed by atoms with Gasteiger partial charge in [-0.3, -0.25) is 9.59 Å². The van der Waals surface area contributed by atoms with E-state index in [0.717, 1.165) is 0 Å². The van der Waals surface area contributed by atoms with Gasteiger partial charge in [0.15, 0.2) is 0 Å². The summed E-state index contributed by atoms with van der Waals surface area (Å²) in [5.41, 5.74) is 2.16. The van der Waals surface area contributed by atoms with E-state index in [4.69, 9.17) is 11.6 Å². The van der Waals surface area contributed by atoms with Crippen molar-refractivity contribution < 1.29 is 14.4 Å². The second-order valence-corrected chi connectivity index (χ2v) is 7.18. The summed E-state index contributed by atoms with van der Waals surface area (Å²) in [7, 11) is 1.54. The maximum absolute atomic E-state index is 12.6. The van der Waals surface area contributed by atoms with Gasteiger partial charge in [-0.2, -0.15) is 0 Å². The van der Waals surface area contributed by atoms with Crippen molar-refractivity contribution in [2.24, 2.45) is 0 Å². The second-order valence-electron chi connectivity index (χ2n) is 6.74. The summed E-state index contributed by atoms with van der Waals surface area (Å²) in [5.74, 6) is -0.657. The Labute approximate surface area is 185 Å². The lowest BCUT2D eigenvalue weighted by molar-refractivity contribution is -0.116. The molecule has 0 saturated heterocycles. The van der Waals surface area contributed by atoms with E-state index in [1.54, 1.807) is 67.7 Å². The van der Waals surface area contributed by atoms with Crippen molar-refractivity contribution >= 4 is 46.5 Å². The van der Waals surface area contributed by atoms with E-state index in [9.17, 15) is 14.4 Å². The van der Waals surface area contributed by atoms with Crippen LogP contribution in [-0.2, 0) is 4.79 Å². The molecule has 0 aliphatic rings. The van der Waals surface area contributed by atoms with Gasteiger partial charge >= 0.3 is 6.03 Å². The van der Waals surface area contributed by atoms with E-state index in [1.165, 1.54) is 4.90 Å². The molecule has 4 amide bonds. The van der Waals surface area contributed by atoms with Gasteiger partial charge in [0.1, 0.15) is 0 Å². The lowest BCUT2D eigenvalue weighted by atomic mass is 10.2. The smallest absolute Gasteiger partial charge is 0.323 e. The largest absolute Gasteiger partial charge is 0.332 e. The molecule has 0 radical (unpaired) electrons. The summed E-state index contributed by atoms with van der Waals surface area (Å²) < 4.78 is 0. The number of hydrogen-bond acceptors (Lipinski definition) is 3. The molecule has 0 aliphatic heterocycles. The van der Waals surface area contributed by atoms with Crippen LogP contribution in [0, 0.1) is 0 Å². The normalized spacial score (nSPS) is 10.1. The van der Waals surface area contributed by atoms with Crippen LogP contribution in [0.3, 0.4) is 0 Å². The van der Waals surface area contributed by atoms with Crippen LogP contribution in [0.1, 0.15) is 10.4 Å². The Hall–Kier alpha value is -3.84. The molecule has 3 aromatic carbocycles. The third-order valence-electron chi connectivity index (χ3n) is 4.26. The van der Waals surface area contributed by atoms with E-state index in [-0.39, 0.29) is 24.4 Å². The third kappa shape index (κ3) is 6.58. The molecule has 7 nitrogen and oxygen atoms in total.